The predicted molar refractivity (Wildman–Crippen MR) is 68.2 cm³/mol. The number of ether oxygens (including phenoxy) is 1. The summed E-state index contributed by atoms with van der Waals surface area (Å²) in [5.41, 5.74) is 0. The highest BCUT2D eigenvalue weighted by Crippen LogP contribution is 2.41. The molecule has 6 heteroatoms. The summed E-state index contributed by atoms with van der Waals surface area (Å²) < 4.78 is 4.94. The molecule has 90 valence electrons. The number of rotatable bonds is 0. The van der Waals surface area contributed by atoms with Gasteiger partial charge >= 0.3 is 0 Å². The first-order chi connectivity index (χ1) is 7.54. The van der Waals surface area contributed by atoms with Crippen molar-refractivity contribution < 1.29 is 9.84 Å². The number of phenols is 1. The van der Waals surface area contributed by atoms with Gasteiger partial charge in [-0.15, -0.1) is 0 Å². The van der Waals surface area contributed by atoms with Crippen LogP contribution in [0.5, 0.6) is 5.75 Å². The van der Waals surface area contributed by atoms with Crippen molar-refractivity contribution in [2.45, 2.75) is 12.8 Å². The molecule has 0 spiro atoms. The molecule has 1 aromatic rings. The van der Waals surface area contributed by atoms with Crippen molar-refractivity contribution in [1.29, 1.82) is 0 Å². The summed E-state index contributed by atoms with van der Waals surface area (Å²) in [7, 11) is 0. The Kier molecular flexibility index (Phi) is 6.01. The van der Waals surface area contributed by atoms with E-state index in [1.54, 1.807) is 0 Å². The first-order valence-corrected chi connectivity index (χ1v) is 6.15. The molecule has 0 bridgehead atoms. The Morgan fingerprint density at radius 2 is 1.50 bits per heavy atom. The predicted octanol–water partition coefficient (Wildman–Crippen LogP) is 4.80. The molecule has 1 aliphatic heterocycles. The van der Waals surface area contributed by atoms with Crippen LogP contribution in [-0.4, -0.2) is 18.3 Å². The van der Waals surface area contributed by atoms with Gasteiger partial charge < -0.3 is 9.84 Å². The first kappa shape index (κ1) is 14.2. The highest BCUT2D eigenvalue weighted by Gasteiger charge is 2.11. The third kappa shape index (κ3) is 3.86. The topological polar surface area (TPSA) is 29.5 Å². The molecule has 0 saturated carbocycles. The van der Waals surface area contributed by atoms with Gasteiger partial charge in [0.1, 0.15) is 5.02 Å². The van der Waals surface area contributed by atoms with Gasteiger partial charge in [-0.1, -0.05) is 46.4 Å². The molecule has 0 unspecified atom stereocenters. The van der Waals surface area contributed by atoms with Crippen LogP contribution in [-0.2, 0) is 4.74 Å². The molecule has 1 heterocycles. The quantitative estimate of drug-likeness (QED) is 0.551. The van der Waals surface area contributed by atoms with E-state index in [0.29, 0.717) is 0 Å². The van der Waals surface area contributed by atoms with Gasteiger partial charge in [0.2, 0.25) is 0 Å². The number of aromatic hydroxyl groups is 1. The molecule has 0 radical (unpaired) electrons. The fourth-order valence-electron chi connectivity index (χ4n) is 1.07. The number of hydrogen-bond acceptors (Lipinski definition) is 2. The maximum Gasteiger partial charge on any atom is 0.154 e. The zero-order valence-electron chi connectivity index (χ0n) is 8.27. The van der Waals surface area contributed by atoms with Gasteiger partial charge in [-0.3, -0.25) is 0 Å². The zero-order chi connectivity index (χ0) is 12.1. The Morgan fingerprint density at radius 1 is 0.938 bits per heavy atom. The maximum absolute atomic E-state index is 9.10. The minimum absolute atomic E-state index is 0.0239. The standard InChI is InChI=1S/C6H2Cl4O.C4H8O/c7-2-1-3(8)6(11)5(10)4(2)9;1-2-4-5-3-1/h1,11H;1-4H2. The number of halogens is 4. The van der Waals surface area contributed by atoms with Crippen LogP contribution in [0, 0.1) is 0 Å². The van der Waals surface area contributed by atoms with Crippen molar-refractivity contribution in [2.75, 3.05) is 13.2 Å². The summed E-state index contributed by atoms with van der Waals surface area (Å²) in [6.45, 7) is 2.00. The van der Waals surface area contributed by atoms with E-state index in [1.165, 1.54) is 18.9 Å². The summed E-state index contributed by atoms with van der Waals surface area (Å²) in [4.78, 5) is 0. The van der Waals surface area contributed by atoms with E-state index < -0.39 is 0 Å². The molecule has 0 aromatic heterocycles. The van der Waals surface area contributed by atoms with Crippen molar-refractivity contribution in [3.05, 3.63) is 26.2 Å². The molecule has 0 amide bonds. The molecular weight excluding hydrogens is 294 g/mol. The van der Waals surface area contributed by atoms with Crippen LogP contribution in [0.4, 0.5) is 0 Å². The molecular formula is C10H10Cl4O2. The molecule has 0 atom stereocenters. The Morgan fingerprint density at radius 3 is 1.94 bits per heavy atom. The average molecular weight is 304 g/mol. The van der Waals surface area contributed by atoms with Crippen LogP contribution < -0.4 is 0 Å². The minimum Gasteiger partial charge on any atom is -0.505 e. The lowest BCUT2D eigenvalue weighted by atomic mass is 10.3. The van der Waals surface area contributed by atoms with Gasteiger partial charge in [-0.25, -0.2) is 0 Å². The van der Waals surface area contributed by atoms with Gasteiger partial charge in [-0.2, -0.15) is 0 Å². The van der Waals surface area contributed by atoms with Crippen LogP contribution in [0.15, 0.2) is 6.07 Å². The van der Waals surface area contributed by atoms with E-state index in [0.717, 1.165) is 13.2 Å². The summed E-state index contributed by atoms with van der Waals surface area (Å²) in [5.74, 6) is -0.247. The summed E-state index contributed by atoms with van der Waals surface area (Å²) in [6, 6.07) is 1.33. The minimum atomic E-state index is -0.247. The van der Waals surface area contributed by atoms with Crippen molar-refractivity contribution in [1.82, 2.24) is 0 Å². The number of phenolic OH excluding ortho intramolecular Hbond substituents is 1. The Labute approximate surface area is 114 Å². The lowest BCUT2D eigenvalue weighted by Gasteiger charge is -2.02. The lowest BCUT2D eigenvalue weighted by molar-refractivity contribution is 0.198. The first-order valence-electron chi connectivity index (χ1n) is 4.63. The Bertz CT molecular complexity index is 330. The molecule has 1 fully saturated rings. The van der Waals surface area contributed by atoms with Crippen molar-refractivity contribution >= 4 is 46.4 Å². The van der Waals surface area contributed by atoms with Crippen LogP contribution in [0.25, 0.3) is 0 Å². The van der Waals surface area contributed by atoms with Gasteiger partial charge in [0.15, 0.2) is 5.75 Å². The van der Waals surface area contributed by atoms with Gasteiger partial charge in [-0.05, 0) is 18.9 Å². The molecule has 1 aromatic carbocycles. The van der Waals surface area contributed by atoms with E-state index in [2.05, 4.69) is 0 Å². The second kappa shape index (κ2) is 6.77. The van der Waals surface area contributed by atoms with E-state index in [4.69, 9.17) is 56.2 Å². The zero-order valence-corrected chi connectivity index (χ0v) is 11.3. The molecule has 2 rings (SSSR count). The number of benzene rings is 1. The summed E-state index contributed by atoms with van der Waals surface area (Å²) in [6.07, 6.45) is 2.56. The lowest BCUT2D eigenvalue weighted by Crippen LogP contribution is -1.75. The van der Waals surface area contributed by atoms with Crippen LogP contribution in [0.2, 0.25) is 20.1 Å². The monoisotopic (exact) mass is 302 g/mol. The molecule has 1 aliphatic rings. The molecule has 16 heavy (non-hydrogen) atoms. The van der Waals surface area contributed by atoms with Crippen LogP contribution in [0.1, 0.15) is 12.8 Å². The molecule has 1 saturated heterocycles. The molecule has 1 N–H and O–H groups in total. The summed E-state index contributed by atoms with van der Waals surface area (Å²) in [5, 5.41) is 9.50. The fourth-order valence-corrected chi connectivity index (χ4v) is 1.97. The van der Waals surface area contributed by atoms with Crippen LogP contribution in [0.3, 0.4) is 0 Å². The normalized spacial score (nSPS) is 14.5. The maximum atomic E-state index is 9.10. The third-order valence-corrected chi connectivity index (χ3v) is 3.46. The number of hydrogen-bond donors (Lipinski definition) is 1. The third-order valence-electron chi connectivity index (χ3n) is 1.92. The summed E-state index contributed by atoms with van der Waals surface area (Å²) >= 11 is 22.2. The average Bonchev–Trinajstić information content (AvgIpc) is 2.82. The van der Waals surface area contributed by atoms with Crippen molar-refractivity contribution in [3.8, 4) is 5.75 Å². The largest absolute Gasteiger partial charge is 0.505 e. The van der Waals surface area contributed by atoms with Crippen molar-refractivity contribution in [2.24, 2.45) is 0 Å². The Hall–Kier alpha value is 0.140. The van der Waals surface area contributed by atoms with Gasteiger partial charge in [0, 0.05) is 13.2 Å². The van der Waals surface area contributed by atoms with Crippen LogP contribution >= 0.6 is 46.4 Å². The molecule has 0 aliphatic carbocycles. The second-order valence-corrected chi connectivity index (χ2v) is 4.71. The SMILES string of the molecule is C1CCOC1.Oc1c(Cl)cc(Cl)c(Cl)c1Cl. The van der Waals surface area contributed by atoms with Crippen molar-refractivity contribution in [3.63, 3.8) is 0 Å². The van der Waals surface area contributed by atoms with Gasteiger partial charge in [0.05, 0.1) is 15.1 Å². The van der Waals surface area contributed by atoms with E-state index in [1.807, 2.05) is 0 Å². The highest BCUT2D eigenvalue weighted by molar-refractivity contribution is 6.50. The smallest absolute Gasteiger partial charge is 0.154 e. The van der Waals surface area contributed by atoms with E-state index in [-0.39, 0.29) is 25.8 Å². The Balaban J connectivity index is 0.000000212. The van der Waals surface area contributed by atoms with E-state index in [9.17, 15) is 0 Å². The van der Waals surface area contributed by atoms with E-state index >= 15 is 0 Å². The fraction of sp³-hybridized carbons (Fsp3) is 0.400. The van der Waals surface area contributed by atoms with Gasteiger partial charge in [0.25, 0.3) is 0 Å². The second-order valence-electron chi connectivity index (χ2n) is 3.14. The highest BCUT2D eigenvalue weighted by atomic mass is 35.5. The molecule has 2 nitrogen and oxygen atoms in total.